The molecular formula is C11H17NO6S. The minimum absolute atomic E-state index is 0.0224. The third-order valence-corrected chi connectivity index (χ3v) is 3.42. The van der Waals surface area contributed by atoms with Crippen molar-refractivity contribution in [2.75, 3.05) is 21.3 Å². The maximum atomic E-state index is 11.5. The van der Waals surface area contributed by atoms with E-state index in [1.807, 2.05) is 5.48 Å². The molecule has 3 N–H and O–H groups in total. The van der Waals surface area contributed by atoms with Gasteiger partial charge in [-0.2, -0.15) is 5.48 Å². The van der Waals surface area contributed by atoms with Crippen molar-refractivity contribution in [3.8, 4) is 17.2 Å². The van der Waals surface area contributed by atoms with Crippen LogP contribution in [0.5, 0.6) is 17.2 Å². The Morgan fingerprint density at radius 3 is 2.16 bits per heavy atom. The molecule has 0 amide bonds. The van der Waals surface area contributed by atoms with E-state index in [0.717, 1.165) is 0 Å². The van der Waals surface area contributed by atoms with Crippen molar-refractivity contribution in [3.05, 3.63) is 11.6 Å². The largest absolute Gasteiger partial charge is 0.493 e. The number of benzene rings is 1. The maximum absolute atomic E-state index is 11.5. The Bertz CT molecular complexity index is 479. The molecule has 2 atom stereocenters. The zero-order valence-corrected chi connectivity index (χ0v) is 11.9. The highest BCUT2D eigenvalue weighted by molar-refractivity contribution is 7.79. The van der Waals surface area contributed by atoms with Crippen LogP contribution in [-0.2, 0) is 11.1 Å². The van der Waals surface area contributed by atoms with E-state index in [2.05, 4.69) is 0 Å². The predicted molar refractivity (Wildman–Crippen MR) is 68.5 cm³/mol. The van der Waals surface area contributed by atoms with Crippen molar-refractivity contribution in [2.45, 2.75) is 17.9 Å². The molecular weight excluding hydrogens is 274 g/mol. The zero-order valence-electron chi connectivity index (χ0n) is 11.1. The number of hydrogen-bond donors (Lipinski definition) is 3. The van der Waals surface area contributed by atoms with Crippen LogP contribution in [0.4, 0.5) is 0 Å². The normalized spacial score (nSPS) is 13.8. The molecule has 1 aromatic rings. The van der Waals surface area contributed by atoms with E-state index in [9.17, 15) is 8.76 Å². The Morgan fingerprint density at radius 2 is 1.79 bits per heavy atom. The molecule has 0 radical (unpaired) electrons. The summed E-state index contributed by atoms with van der Waals surface area (Å²) in [6.07, 6.45) is 0. The smallest absolute Gasteiger partial charge is 0.204 e. The molecule has 0 aliphatic carbocycles. The Kier molecular flexibility index (Phi) is 5.55. The minimum Gasteiger partial charge on any atom is -0.493 e. The summed E-state index contributed by atoms with van der Waals surface area (Å²) in [7, 11) is 4.19. The van der Waals surface area contributed by atoms with Crippen molar-refractivity contribution >= 4 is 11.1 Å². The first-order chi connectivity index (χ1) is 9.01. The van der Waals surface area contributed by atoms with Gasteiger partial charge in [-0.15, -0.1) is 0 Å². The van der Waals surface area contributed by atoms with Gasteiger partial charge in [-0.3, -0.25) is 0 Å². The van der Waals surface area contributed by atoms with Crippen LogP contribution < -0.4 is 19.7 Å². The SMILES string of the molecule is COc1cc(C(C)NO)c(S(=O)O)c(OC)c1OC. The topological polar surface area (TPSA) is 97.2 Å². The summed E-state index contributed by atoms with van der Waals surface area (Å²) in [4.78, 5) is 0.0224. The Balaban J connectivity index is 3.67. The van der Waals surface area contributed by atoms with Gasteiger partial charge >= 0.3 is 0 Å². The average molecular weight is 291 g/mol. The first-order valence-electron chi connectivity index (χ1n) is 5.35. The second-order valence-corrected chi connectivity index (χ2v) is 4.57. The molecule has 0 aliphatic rings. The Labute approximate surface area is 113 Å². The fourth-order valence-corrected chi connectivity index (χ4v) is 2.49. The summed E-state index contributed by atoms with van der Waals surface area (Å²) >= 11 is -2.31. The van der Waals surface area contributed by atoms with Crippen LogP contribution in [0.25, 0.3) is 0 Å². The fraction of sp³-hybridized carbons (Fsp3) is 0.455. The van der Waals surface area contributed by atoms with E-state index in [-0.39, 0.29) is 16.4 Å². The summed E-state index contributed by atoms with van der Waals surface area (Å²) in [6.45, 7) is 1.62. The molecule has 0 heterocycles. The first kappa shape index (κ1) is 15.7. The van der Waals surface area contributed by atoms with Crippen LogP contribution in [0.3, 0.4) is 0 Å². The highest BCUT2D eigenvalue weighted by atomic mass is 32.2. The number of hydroxylamine groups is 1. The molecule has 108 valence electrons. The second-order valence-electron chi connectivity index (χ2n) is 3.66. The van der Waals surface area contributed by atoms with Gasteiger partial charge in [0.1, 0.15) is 4.90 Å². The van der Waals surface area contributed by atoms with E-state index in [1.54, 1.807) is 6.92 Å². The fourth-order valence-electron chi connectivity index (χ4n) is 1.72. The van der Waals surface area contributed by atoms with Gasteiger partial charge < -0.3 is 24.0 Å². The van der Waals surface area contributed by atoms with Crippen molar-refractivity contribution in [3.63, 3.8) is 0 Å². The lowest BCUT2D eigenvalue weighted by atomic mass is 10.1. The summed E-state index contributed by atoms with van der Waals surface area (Å²) in [6, 6.07) is 0.929. The molecule has 0 bridgehead atoms. The lowest BCUT2D eigenvalue weighted by Gasteiger charge is -2.20. The van der Waals surface area contributed by atoms with Crippen LogP contribution in [-0.4, -0.2) is 35.3 Å². The predicted octanol–water partition coefficient (Wildman–Crippen LogP) is 1.33. The quantitative estimate of drug-likeness (QED) is 0.537. The average Bonchev–Trinajstić information content (AvgIpc) is 2.43. The summed E-state index contributed by atoms with van der Waals surface area (Å²) in [5.74, 6) is 0.654. The molecule has 8 heteroatoms. The number of ether oxygens (including phenoxy) is 3. The minimum atomic E-state index is -2.31. The number of nitrogens with one attached hydrogen (secondary N) is 1. The van der Waals surface area contributed by atoms with Gasteiger partial charge in [0.2, 0.25) is 5.75 Å². The van der Waals surface area contributed by atoms with Gasteiger partial charge in [0.05, 0.1) is 27.4 Å². The van der Waals surface area contributed by atoms with Gasteiger partial charge in [-0.1, -0.05) is 0 Å². The molecule has 0 saturated heterocycles. The number of hydrogen-bond acceptors (Lipinski definition) is 6. The van der Waals surface area contributed by atoms with Crippen molar-refractivity contribution in [2.24, 2.45) is 0 Å². The highest BCUT2D eigenvalue weighted by Crippen LogP contribution is 2.44. The lowest BCUT2D eigenvalue weighted by molar-refractivity contribution is 0.132. The van der Waals surface area contributed by atoms with Crippen molar-refractivity contribution in [1.29, 1.82) is 0 Å². The zero-order chi connectivity index (χ0) is 14.6. The van der Waals surface area contributed by atoms with Gasteiger partial charge in [0.25, 0.3) is 0 Å². The maximum Gasteiger partial charge on any atom is 0.204 e. The Morgan fingerprint density at radius 1 is 1.21 bits per heavy atom. The van der Waals surface area contributed by atoms with Crippen LogP contribution in [0, 0.1) is 0 Å². The third kappa shape index (κ3) is 2.98. The monoisotopic (exact) mass is 291 g/mol. The van der Waals surface area contributed by atoms with Crippen LogP contribution in [0.1, 0.15) is 18.5 Å². The van der Waals surface area contributed by atoms with Crippen LogP contribution >= 0.6 is 0 Å². The molecule has 0 saturated carbocycles. The molecule has 2 unspecified atom stereocenters. The van der Waals surface area contributed by atoms with Crippen molar-refractivity contribution in [1.82, 2.24) is 5.48 Å². The van der Waals surface area contributed by atoms with Crippen molar-refractivity contribution < 1.29 is 28.2 Å². The van der Waals surface area contributed by atoms with Crippen LogP contribution in [0.15, 0.2) is 11.0 Å². The number of rotatable bonds is 6. The number of methoxy groups -OCH3 is 3. The Hall–Kier alpha value is -1.35. The molecule has 19 heavy (non-hydrogen) atoms. The molecule has 1 aromatic carbocycles. The molecule has 0 aromatic heterocycles. The van der Waals surface area contributed by atoms with Gasteiger partial charge in [0, 0.05) is 0 Å². The third-order valence-electron chi connectivity index (χ3n) is 2.65. The lowest BCUT2D eigenvalue weighted by Crippen LogP contribution is -2.16. The van der Waals surface area contributed by atoms with E-state index in [4.69, 9.17) is 19.4 Å². The van der Waals surface area contributed by atoms with Gasteiger partial charge in [0.15, 0.2) is 22.6 Å². The molecule has 7 nitrogen and oxygen atoms in total. The van der Waals surface area contributed by atoms with Crippen LogP contribution in [0.2, 0.25) is 0 Å². The van der Waals surface area contributed by atoms with Gasteiger partial charge in [-0.05, 0) is 18.6 Å². The summed E-state index contributed by atoms with van der Waals surface area (Å²) in [5.41, 5.74) is 2.39. The highest BCUT2D eigenvalue weighted by Gasteiger charge is 2.26. The molecule has 0 spiro atoms. The first-order valence-corrected chi connectivity index (χ1v) is 6.45. The van der Waals surface area contributed by atoms with Gasteiger partial charge in [-0.25, -0.2) is 4.21 Å². The molecule has 1 rings (SSSR count). The molecule has 0 aliphatic heterocycles. The standard InChI is InChI=1S/C11H17NO6S/c1-6(12-13)7-5-8(16-2)9(17-3)10(18-4)11(7)19(14)15/h5-6,12-13H,1-4H3,(H,14,15). The van der Waals surface area contributed by atoms with E-state index in [1.165, 1.54) is 27.4 Å². The second kappa shape index (κ2) is 6.71. The van der Waals surface area contributed by atoms with E-state index >= 15 is 0 Å². The van der Waals surface area contributed by atoms with E-state index in [0.29, 0.717) is 11.3 Å². The summed E-state index contributed by atoms with van der Waals surface area (Å²) in [5, 5.41) is 9.00. The van der Waals surface area contributed by atoms with E-state index < -0.39 is 17.1 Å². The summed E-state index contributed by atoms with van der Waals surface area (Å²) < 4.78 is 36.4. The molecule has 0 fully saturated rings.